The minimum atomic E-state index is -0.0105. The zero-order valence-electron chi connectivity index (χ0n) is 19.2. The van der Waals surface area contributed by atoms with Crippen molar-refractivity contribution < 1.29 is 9.53 Å². The van der Waals surface area contributed by atoms with E-state index in [0.29, 0.717) is 11.7 Å². The molecule has 1 saturated heterocycles. The lowest BCUT2D eigenvalue weighted by molar-refractivity contribution is -0.119. The van der Waals surface area contributed by atoms with Crippen LogP contribution in [-0.4, -0.2) is 40.0 Å². The molecule has 0 bridgehead atoms. The molecule has 2 atom stereocenters. The van der Waals surface area contributed by atoms with E-state index in [9.17, 15) is 9.59 Å². The van der Waals surface area contributed by atoms with E-state index in [-0.39, 0.29) is 29.4 Å². The summed E-state index contributed by atoms with van der Waals surface area (Å²) in [5, 5.41) is 4.43. The first-order chi connectivity index (χ1) is 14.9. The number of hydrogen-bond donors (Lipinski definition) is 1. The molecule has 2 aromatic heterocycles. The SMILES string of the molecule is CCCCCC(C)NC(=O)CSc1nc2sc(C)c(CC)c2c(=O)n1CC1CCCO1. The molecule has 0 saturated carbocycles. The quantitative estimate of drug-likeness (QED) is 0.296. The Morgan fingerprint density at radius 1 is 1.39 bits per heavy atom. The number of fused-ring (bicyclic) bond motifs is 1. The van der Waals surface area contributed by atoms with Crippen LogP contribution in [0.4, 0.5) is 0 Å². The molecule has 2 aromatic rings. The summed E-state index contributed by atoms with van der Waals surface area (Å²) in [6.07, 6.45) is 7.31. The summed E-state index contributed by atoms with van der Waals surface area (Å²) < 4.78 is 7.53. The molecule has 1 amide bonds. The molecule has 0 radical (unpaired) electrons. The summed E-state index contributed by atoms with van der Waals surface area (Å²) in [6.45, 7) is 9.60. The molecule has 1 fully saturated rings. The van der Waals surface area contributed by atoms with E-state index in [1.807, 2.05) is 0 Å². The van der Waals surface area contributed by atoms with E-state index < -0.39 is 0 Å². The van der Waals surface area contributed by atoms with Crippen LogP contribution in [0, 0.1) is 6.92 Å². The number of thioether (sulfide) groups is 1. The number of unbranched alkanes of at least 4 members (excludes halogenated alkanes) is 2. The first kappa shape index (κ1) is 24.3. The fraction of sp³-hybridized carbons (Fsp3) is 0.696. The number of hydrogen-bond acceptors (Lipinski definition) is 6. The van der Waals surface area contributed by atoms with E-state index in [4.69, 9.17) is 9.72 Å². The minimum Gasteiger partial charge on any atom is -0.376 e. The Hall–Kier alpha value is -1.38. The number of carbonyl (C=O) groups is 1. The topological polar surface area (TPSA) is 73.2 Å². The zero-order valence-corrected chi connectivity index (χ0v) is 20.8. The van der Waals surface area contributed by atoms with Crippen LogP contribution in [0.1, 0.15) is 69.7 Å². The number of nitrogens with one attached hydrogen (secondary N) is 1. The van der Waals surface area contributed by atoms with Crippen molar-refractivity contribution >= 4 is 39.2 Å². The molecule has 31 heavy (non-hydrogen) atoms. The van der Waals surface area contributed by atoms with Crippen LogP contribution in [0.2, 0.25) is 0 Å². The minimum absolute atomic E-state index is 0.00228. The number of aromatic nitrogens is 2. The molecule has 1 aliphatic rings. The lowest BCUT2D eigenvalue weighted by Gasteiger charge is -2.17. The fourth-order valence-electron chi connectivity index (χ4n) is 4.14. The summed E-state index contributed by atoms with van der Waals surface area (Å²) in [5.74, 6) is 0.246. The van der Waals surface area contributed by atoms with E-state index in [2.05, 4.69) is 33.0 Å². The van der Waals surface area contributed by atoms with Crippen molar-refractivity contribution in [2.45, 2.75) is 96.5 Å². The number of rotatable bonds is 11. The van der Waals surface area contributed by atoms with Crippen molar-refractivity contribution in [1.29, 1.82) is 0 Å². The van der Waals surface area contributed by atoms with Crippen LogP contribution in [0.3, 0.4) is 0 Å². The van der Waals surface area contributed by atoms with Gasteiger partial charge in [0.1, 0.15) is 4.83 Å². The maximum atomic E-state index is 13.5. The van der Waals surface area contributed by atoms with Gasteiger partial charge in [-0.25, -0.2) is 4.98 Å². The third-order valence-electron chi connectivity index (χ3n) is 5.82. The van der Waals surface area contributed by atoms with Gasteiger partial charge in [0.05, 0.1) is 23.8 Å². The average molecular weight is 466 g/mol. The number of nitrogens with zero attached hydrogens (tertiary/aromatic N) is 2. The Labute approximate surface area is 193 Å². The van der Waals surface area contributed by atoms with E-state index in [1.165, 1.54) is 24.6 Å². The normalized spacial score (nSPS) is 17.4. The highest BCUT2D eigenvalue weighted by Gasteiger charge is 2.23. The van der Waals surface area contributed by atoms with Crippen LogP contribution in [0.25, 0.3) is 10.2 Å². The second-order valence-electron chi connectivity index (χ2n) is 8.37. The predicted molar refractivity (Wildman–Crippen MR) is 129 cm³/mol. The number of thiophene rings is 1. The Kier molecular flexibility index (Phi) is 8.98. The first-order valence-corrected chi connectivity index (χ1v) is 13.3. The molecule has 0 aliphatic carbocycles. The van der Waals surface area contributed by atoms with Gasteiger partial charge < -0.3 is 10.1 Å². The summed E-state index contributed by atoms with van der Waals surface area (Å²) in [5.41, 5.74) is 1.09. The van der Waals surface area contributed by atoms with Crippen molar-refractivity contribution in [3.8, 4) is 0 Å². The Bertz CT molecular complexity index is 948. The zero-order chi connectivity index (χ0) is 22.4. The van der Waals surface area contributed by atoms with Crippen molar-refractivity contribution in [3.63, 3.8) is 0 Å². The summed E-state index contributed by atoms with van der Waals surface area (Å²) in [6, 6.07) is 0.163. The summed E-state index contributed by atoms with van der Waals surface area (Å²) in [7, 11) is 0. The van der Waals surface area contributed by atoms with Gasteiger partial charge in [-0.3, -0.25) is 14.2 Å². The van der Waals surface area contributed by atoms with Crippen LogP contribution >= 0.6 is 23.1 Å². The molecule has 3 rings (SSSR count). The van der Waals surface area contributed by atoms with E-state index in [1.54, 1.807) is 15.9 Å². The molecule has 1 aliphatic heterocycles. The van der Waals surface area contributed by atoms with Crippen molar-refractivity contribution in [2.24, 2.45) is 0 Å². The van der Waals surface area contributed by atoms with Gasteiger partial charge in [0.15, 0.2) is 5.16 Å². The van der Waals surface area contributed by atoms with Gasteiger partial charge in [-0.2, -0.15) is 0 Å². The summed E-state index contributed by atoms with van der Waals surface area (Å²) >= 11 is 2.92. The number of ether oxygens (including phenoxy) is 1. The third kappa shape index (κ3) is 6.11. The monoisotopic (exact) mass is 465 g/mol. The van der Waals surface area contributed by atoms with Gasteiger partial charge in [0, 0.05) is 17.5 Å². The summed E-state index contributed by atoms with van der Waals surface area (Å²) in [4.78, 5) is 32.7. The maximum absolute atomic E-state index is 13.5. The number of amides is 1. The molecule has 6 nitrogen and oxygen atoms in total. The number of aryl methyl sites for hydroxylation is 2. The van der Waals surface area contributed by atoms with Crippen LogP contribution in [0.15, 0.2) is 9.95 Å². The Morgan fingerprint density at radius 3 is 2.87 bits per heavy atom. The smallest absolute Gasteiger partial charge is 0.263 e. The Morgan fingerprint density at radius 2 is 2.19 bits per heavy atom. The molecular formula is C23H35N3O3S2. The molecule has 3 heterocycles. The highest BCUT2D eigenvalue weighted by atomic mass is 32.2. The van der Waals surface area contributed by atoms with Crippen molar-refractivity contribution in [1.82, 2.24) is 14.9 Å². The average Bonchev–Trinajstić information content (AvgIpc) is 3.35. The van der Waals surface area contributed by atoms with Gasteiger partial charge in [-0.05, 0) is 45.1 Å². The highest BCUT2D eigenvalue weighted by Crippen LogP contribution is 2.30. The van der Waals surface area contributed by atoms with Gasteiger partial charge in [-0.15, -0.1) is 11.3 Å². The maximum Gasteiger partial charge on any atom is 0.263 e. The molecule has 2 unspecified atom stereocenters. The first-order valence-electron chi connectivity index (χ1n) is 11.5. The highest BCUT2D eigenvalue weighted by molar-refractivity contribution is 7.99. The van der Waals surface area contributed by atoms with Gasteiger partial charge in [0.2, 0.25) is 5.91 Å². The molecule has 172 valence electrons. The van der Waals surface area contributed by atoms with E-state index >= 15 is 0 Å². The van der Waals surface area contributed by atoms with Gasteiger partial charge >= 0.3 is 0 Å². The fourth-order valence-corrected chi connectivity index (χ4v) is 6.11. The molecule has 1 N–H and O–H groups in total. The number of carbonyl (C=O) groups excluding carboxylic acids is 1. The molecule has 0 aromatic carbocycles. The lowest BCUT2D eigenvalue weighted by atomic mass is 10.1. The van der Waals surface area contributed by atoms with E-state index in [0.717, 1.165) is 59.4 Å². The van der Waals surface area contributed by atoms with Gasteiger partial charge in [0.25, 0.3) is 5.56 Å². The second kappa shape index (κ2) is 11.5. The Balaban J connectivity index is 1.79. The molecule has 8 heteroatoms. The van der Waals surface area contributed by atoms with Gasteiger partial charge in [-0.1, -0.05) is 44.9 Å². The van der Waals surface area contributed by atoms with Crippen LogP contribution in [-0.2, 0) is 22.5 Å². The predicted octanol–water partition coefficient (Wildman–Crippen LogP) is 4.68. The standard InChI is InChI=1S/C23H35N3O3S2/c1-5-7-8-10-15(3)24-19(27)14-30-23-25-21-20(18(6-2)16(4)31-21)22(28)26(23)13-17-11-9-12-29-17/h15,17H,5-14H2,1-4H3,(H,24,27). The third-order valence-corrected chi connectivity index (χ3v) is 7.84. The largest absolute Gasteiger partial charge is 0.376 e. The second-order valence-corrected chi connectivity index (χ2v) is 10.5. The van der Waals surface area contributed by atoms with Crippen molar-refractivity contribution in [2.75, 3.05) is 12.4 Å². The molecule has 0 spiro atoms. The molecular weight excluding hydrogens is 430 g/mol. The van der Waals surface area contributed by atoms with Crippen LogP contribution in [0.5, 0.6) is 0 Å². The van der Waals surface area contributed by atoms with Crippen molar-refractivity contribution in [3.05, 3.63) is 20.8 Å². The van der Waals surface area contributed by atoms with Crippen LogP contribution < -0.4 is 10.9 Å². The lowest BCUT2D eigenvalue weighted by Crippen LogP contribution is -2.34.